The summed E-state index contributed by atoms with van der Waals surface area (Å²) in [7, 11) is 0. The van der Waals surface area contributed by atoms with Crippen molar-refractivity contribution in [3.63, 3.8) is 0 Å². The van der Waals surface area contributed by atoms with Gasteiger partial charge in [0.05, 0.1) is 0 Å². The number of hydrogen-bond acceptors (Lipinski definition) is 2. The molecule has 1 aromatic carbocycles. The molecule has 0 radical (unpaired) electrons. The van der Waals surface area contributed by atoms with E-state index in [-0.39, 0.29) is 11.7 Å². The van der Waals surface area contributed by atoms with Gasteiger partial charge >= 0.3 is 0 Å². The summed E-state index contributed by atoms with van der Waals surface area (Å²) in [5, 5.41) is 0. The van der Waals surface area contributed by atoms with Gasteiger partial charge in [-0.2, -0.15) is 0 Å². The van der Waals surface area contributed by atoms with Crippen LogP contribution in [0.2, 0.25) is 0 Å². The lowest BCUT2D eigenvalue weighted by Gasteiger charge is -2.17. The highest BCUT2D eigenvalue weighted by atomic mass is 79.9. The molecule has 3 nitrogen and oxygen atoms in total. The Hall–Kier alpha value is -1.16. The number of benzene rings is 1. The van der Waals surface area contributed by atoms with E-state index in [4.69, 9.17) is 0 Å². The summed E-state index contributed by atoms with van der Waals surface area (Å²) in [4.78, 5) is 24.3. The molecule has 1 heterocycles. The standard InChI is InChI=1S/C12H12BrNO2/c1-7-5-9(6-8(2)11(7)13)14-4-3-10(15)12(14)16/h5-6H,3-4H2,1-2H3. The Kier molecular flexibility index (Phi) is 2.84. The third-order valence-corrected chi connectivity index (χ3v) is 4.03. The molecule has 1 aliphatic heterocycles. The van der Waals surface area contributed by atoms with E-state index < -0.39 is 0 Å². The van der Waals surface area contributed by atoms with Crippen molar-refractivity contribution in [1.82, 2.24) is 0 Å². The van der Waals surface area contributed by atoms with Gasteiger partial charge in [-0.3, -0.25) is 9.59 Å². The molecule has 84 valence electrons. The summed E-state index contributed by atoms with van der Waals surface area (Å²) in [6.45, 7) is 4.45. The van der Waals surface area contributed by atoms with Crippen molar-refractivity contribution in [2.24, 2.45) is 0 Å². The number of ketones is 1. The average molecular weight is 282 g/mol. The van der Waals surface area contributed by atoms with Crippen LogP contribution in [0.3, 0.4) is 0 Å². The van der Waals surface area contributed by atoms with Gasteiger partial charge in [0.25, 0.3) is 5.91 Å². The molecule has 4 heteroatoms. The largest absolute Gasteiger partial charge is 0.305 e. The maximum absolute atomic E-state index is 11.6. The van der Waals surface area contributed by atoms with Gasteiger partial charge in [0.1, 0.15) is 0 Å². The summed E-state index contributed by atoms with van der Waals surface area (Å²) in [5.74, 6) is -0.681. The summed E-state index contributed by atoms with van der Waals surface area (Å²) in [6.07, 6.45) is 0.326. The monoisotopic (exact) mass is 281 g/mol. The molecule has 0 aromatic heterocycles. The summed E-state index contributed by atoms with van der Waals surface area (Å²) in [5.41, 5.74) is 2.96. The van der Waals surface area contributed by atoms with E-state index in [0.717, 1.165) is 21.3 Å². The molecule has 1 amide bonds. The first-order chi connectivity index (χ1) is 7.50. The van der Waals surface area contributed by atoms with Crippen molar-refractivity contribution in [1.29, 1.82) is 0 Å². The Morgan fingerprint density at radius 2 is 1.75 bits per heavy atom. The molecule has 0 atom stereocenters. The number of rotatable bonds is 1. The Bertz CT molecular complexity index is 459. The van der Waals surface area contributed by atoms with Gasteiger partial charge in [-0.15, -0.1) is 0 Å². The van der Waals surface area contributed by atoms with E-state index in [1.807, 2.05) is 26.0 Å². The number of hydrogen-bond donors (Lipinski definition) is 0. The second-order valence-corrected chi connectivity index (χ2v) is 4.82. The van der Waals surface area contributed by atoms with Crippen molar-refractivity contribution in [3.05, 3.63) is 27.7 Å². The fourth-order valence-electron chi connectivity index (χ4n) is 1.90. The number of Topliss-reactive ketones (excluding diaryl/α,β-unsaturated/α-hetero) is 1. The predicted molar refractivity (Wildman–Crippen MR) is 65.6 cm³/mol. The van der Waals surface area contributed by atoms with Crippen LogP contribution in [0.25, 0.3) is 0 Å². The van der Waals surface area contributed by atoms with Crippen molar-refractivity contribution >= 4 is 33.3 Å². The molecule has 1 fully saturated rings. The van der Waals surface area contributed by atoms with Crippen molar-refractivity contribution in [2.45, 2.75) is 20.3 Å². The molecule has 0 aliphatic carbocycles. The number of carbonyl (C=O) groups is 2. The Morgan fingerprint density at radius 3 is 2.19 bits per heavy atom. The molecule has 2 rings (SSSR count). The summed E-state index contributed by atoms with van der Waals surface area (Å²) >= 11 is 3.48. The number of halogens is 1. The zero-order valence-electron chi connectivity index (χ0n) is 9.21. The second kappa shape index (κ2) is 4.01. The molecule has 16 heavy (non-hydrogen) atoms. The van der Waals surface area contributed by atoms with Gasteiger partial charge in [-0.1, -0.05) is 15.9 Å². The molecular weight excluding hydrogens is 270 g/mol. The predicted octanol–water partition coefficient (Wildman–Crippen LogP) is 2.37. The van der Waals surface area contributed by atoms with Crippen molar-refractivity contribution < 1.29 is 9.59 Å². The molecule has 1 saturated heterocycles. The van der Waals surface area contributed by atoms with E-state index in [0.29, 0.717) is 13.0 Å². The highest BCUT2D eigenvalue weighted by Gasteiger charge is 2.30. The molecule has 1 aromatic rings. The molecule has 1 aliphatic rings. The van der Waals surface area contributed by atoms with Gasteiger partial charge in [0.2, 0.25) is 5.78 Å². The van der Waals surface area contributed by atoms with Crippen LogP contribution in [0.5, 0.6) is 0 Å². The van der Waals surface area contributed by atoms with E-state index >= 15 is 0 Å². The van der Waals surface area contributed by atoms with Crippen LogP contribution in [0.4, 0.5) is 5.69 Å². The van der Waals surface area contributed by atoms with Gasteiger partial charge in [0, 0.05) is 23.1 Å². The van der Waals surface area contributed by atoms with Crippen LogP contribution in [-0.4, -0.2) is 18.2 Å². The minimum Gasteiger partial charge on any atom is -0.305 e. The van der Waals surface area contributed by atoms with Crippen LogP contribution in [0.1, 0.15) is 17.5 Å². The minimum absolute atomic E-state index is 0.293. The zero-order chi connectivity index (χ0) is 11.9. The second-order valence-electron chi connectivity index (χ2n) is 4.02. The fourth-order valence-corrected chi connectivity index (χ4v) is 2.13. The van der Waals surface area contributed by atoms with Gasteiger partial charge in [-0.05, 0) is 37.1 Å². The van der Waals surface area contributed by atoms with Crippen molar-refractivity contribution in [3.8, 4) is 0 Å². The summed E-state index contributed by atoms with van der Waals surface area (Å²) in [6, 6.07) is 3.85. The average Bonchev–Trinajstić information content (AvgIpc) is 2.56. The first-order valence-electron chi connectivity index (χ1n) is 5.12. The topological polar surface area (TPSA) is 37.4 Å². The smallest absolute Gasteiger partial charge is 0.294 e. The third kappa shape index (κ3) is 1.78. The maximum Gasteiger partial charge on any atom is 0.294 e. The molecule has 0 bridgehead atoms. The lowest BCUT2D eigenvalue weighted by Crippen LogP contribution is -2.27. The molecule has 0 saturated carbocycles. The van der Waals surface area contributed by atoms with Crippen LogP contribution < -0.4 is 4.90 Å². The lowest BCUT2D eigenvalue weighted by molar-refractivity contribution is -0.133. The Morgan fingerprint density at radius 1 is 1.19 bits per heavy atom. The SMILES string of the molecule is Cc1cc(N2CCC(=O)C2=O)cc(C)c1Br. The Balaban J connectivity index is 2.42. The number of carbonyl (C=O) groups excluding carboxylic acids is 2. The number of nitrogens with zero attached hydrogens (tertiary/aromatic N) is 1. The highest BCUT2D eigenvalue weighted by Crippen LogP contribution is 2.28. The lowest BCUT2D eigenvalue weighted by atomic mass is 10.1. The van der Waals surface area contributed by atoms with Crippen LogP contribution in [0, 0.1) is 13.8 Å². The number of aryl methyl sites for hydroxylation is 2. The maximum atomic E-state index is 11.6. The van der Waals surface area contributed by atoms with Gasteiger partial charge in [-0.25, -0.2) is 0 Å². The molecule has 0 spiro atoms. The minimum atomic E-state index is -0.388. The highest BCUT2D eigenvalue weighted by molar-refractivity contribution is 9.10. The molecule has 0 N–H and O–H groups in total. The van der Waals surface area contributed by atoms with E-state index in [1.165, 1.54) is 0 Å². The zero-order valence-corrected chi connectivity index (χ0v) is 10.8. The van der Waals surface area contributed by atoms with Gasteiger partial charge in [0.15, 0.2) is 0 Å². The first-order valence-corrected chi connectivity index (χ1v) is 5.91. The third-order valence-electron chi connectivity index (χ3n) is 2.78. The van der Waals surface area contributed by atoms with E-state index in [2.05, 4.69) is 15.9 Å². The summed E-state index contributed by atoms with van der Waals surface area (Å²) < 4.78 is 1.05. The molecular formula is C12H12BrNO2. The van der Waals surface area contributed by atoms with E-state index in [1.54, 1.807) is 4.90 Å². The van der Waals surface area contributed by atoms with Crippen molar-refractivity contribution in [2.75, 3.05) is 11.4 Å². The van der Waals surface area contributed by atoms with Gasteiger partial charge < -0.3 is 4.90 Å². The number of amides is 1. The molecule has 0 unspecified atom stereocenters. The number of anilines is 1. The fraction of sp³-hybridized carbons (Fsp3) is 0.333. The van der Waals surface area contributed by atoms with Crippen LogP contribution in [-0.2, 0) is 9.59 Å². The quantitative estimate of drug-likeness (QED) is 0.742. The Labute approximate surface area is 103 Å². The first kappa shape index (κ1) is 11.3. The van der Waals surface area contributed by atoms with Crippen LogP contribution in [0.15, 0.2) is 16.6 Å². The normalized spacial score (nSPS) is 16.1. The van der Waals surface area contributed by atoms with E-state index in [9.17, 15) is 9.59 Å². The van der Waals surface area contributed by atoms with Crippen LogP contribution >= 0.6 is 15.9 Å².